The largest absolute Gasteiger partial charge is 0.495 e. The molecule has 7 heteroatoms. The smallest absolute Gasteiger partial charge is 0.262 e. The maximum atomic E-state index is 12.9. The molecule has 31 heavy (non-hydrogen) atoms. The fourth-order valence-electron chi connectivity index (χ4n) is 3.88. The molecule has 2 N–H and O–H groups in total. The second-order valence-corrected chi connectivity index (χ2v) is 9.13. The minimum Gasteiger partial charge on any atom is -0.495 e. The molecule has 1 aliphatic rings. The Labute approximate surface area is 182 Å². The first-order chi connectivity index (χ1) is 15.0. The summed E-state index contributed by atoms with van der Waals surface area (Å²) in [6, 6.07) is 20.8. The van der Waals surface area contributed by atoms with Gasteiger partial charge in [0.1, 0.15) is 5.75 Å². The van der Waals surface area contributed by atoms with Crippen LogP contribution in [0.3, 0.4) is 0 Å². The van der Waals surface area contributed by atoms with Crippen molar-refractivity contribution in [2.24, 2.45) is 0 Å². The molecule has 6 nitrogen and oxygen atoms in total. The van der Waals surface area contributed by atoms with Crippen LogP contribution >= 0.6 is 0 Å². The summed E-state index contributed by atoms with van der Waals surface area (Å²) in [6.45, 7) is 0. The Kier molecular flexibility index (Phi) is 5.95. The lowest BCUT2D eigenvalue weighted by molar-refractivity contribution is 0.0932. The Bertz CT molecular complexity index is 1210. The number of hydrogen-bond donors (Lipinski definition) is 2. The summed E-state index contributed by atoms with van der Waals surface area (Å²) in [5.41, 5.74) is 3.00. The van der Waals surface area contributed by atoms with Crippen molar-refractivity contribution in [1.29, 1.82) is 0 Å². The lowest BCUT2D eigenvalue weighted by Gasteiger charge is -2.26. The number of methoxy groups -OCH3 is 1. The van der Waals surface area contributed by atoms with Crippen molar-refractivity contribution < 1.29 is 17.9 Å². The van der Waals surface area contributed by atoms with Crippen molar-refractivity contribution in [3.63, 3.8) is 0 Å². The highest BCUT2D eigenvalue weighted by Gasteiger charge is 2.23. The van der Waals surface area contributed by atoms with Crippen LogP contribution in [0.4, 0.5) is 5.69 Å². The van der Waals surface area contributed by atoms with E-state index in [2.05, 4.69) is 16.1 Å². The van der Waals surface area contributed by atoms with E-state index in [-0.39, 0.29) is 16.8 Å². The highest BCUT2D eigenvalue weighted by atomic mass is 32.2. The Morgan fingerprint density at radius 1 is 1.00 bits per heavy atom. The van der Waals surface area contributed by atoms with Gasteiger partial charge in [-0.25, -0.2) is 8.42 Å². The van der Waals surface area contributed by atoms with Gasteiger partial charge in [-0.2, -0.15) is 0 Å². The number of carbonyl (C=O) groups is 1. The van der Waals surface area contributed by atoms with Gasteiger partial charge in [0.05, 0.1) is 23.7 Å². The van der Waals surface area contributed by atoms with Crippen LogP contribution in [-0.2, 0) is 16.4 Å². The van der Waals surface area contributed by atoms with Gasteiger partial charge in [-0.3, -0.25) is 9.52 Å². The number of hydrogen-bond acceptors (Lipinski definition) is 4. The minimum atomic E-state index is -3.89. The highest BCUT2D eigenvalue weighted by Crippen LogP contribution is 2.30. The van der Waals surface area contributed by atoms with E-state index in [1.807, 2.05) is 18.2 Å². The number of para-hydroxylation sites is 2. The molecule has 4 rings (SSSR count). The predicted molar refractivity (Wildman–Crippen MR) is 120 cm³/mol. The fraction of sp³-hybridized carbons (Fsp3) is 0.208. The average Bonchev–Trinajstić information content (AvgIpc) is 2.79. The molecule has 1 amide bonds. The zero-order chi connectivity index (χ0) is 21.8. The number of nitrogens with one attached hydrogen (secondary N) is 2. The Morgan fingerprint density at radius 3 is 2.61 bits per heavy atom. The summed E-state index contributed by atoms with van der Waals surface area (Å²) in [7, 11) is -2.42. The summed E-state index contributed by atoms with van der Waals surface area (Å²) < 4.78 is 33.5. The van der Waals surface area contributed by atoms with Gasteiger partial charge in [0, 0.05) is 5.56 Å². The van der Waals surface area contributed by atoms with Crippen molar-refractivity contribution in [3.05, 3.63) is 89.5 Å². The SMILES string of the molecule is COc1ccccc1NS(=O)(=O)c1cccc(C(=O)NC2CCCc3ccccc32)c1. The molecule has 0 aliphatic heterocycles. The second kappa shape index (κ2) is 8.81. The molecule has 3 aromatic rings. The Balaban J connectivity index is 1.55. The lowest BCUT2D eigenvalue weighted by Crippen LogP contribution is -2.31. The molecule has 1 unspecified atom stereocenters. The zero-order valence-electron chi connectivity index (χ0n) is 17.2. The summed E-state index contributed by atoms with van der Waals surface area (Å²) in [4.78, 5) is 12.9. The van der Waals surface area contributed by atoms with E-state index in [4.69, 9.17) is 4.74 Å². The van der Waals surface area contributed by atoms with Crippen LogP contribution in [0.5, 0.6) is 5.75 Å². The van der Waals surface area contributed by atoms with Gasteiger partial charge in [-0.05, 0) is 60.7 Å². The van der Waals surface area contributed by atoms with Crippen molar-refractivity contribution in [3.8, 4) is 5.75 Å². The molecule has 160 valence electrons. The Morgan fingerprint density at radius 2 is 1.77 bits per heavy atom. The molecular weight excluding hydrogens is 412 g/mol. The molecule has 0 heterocycles. The van der Waals surface area contributed by atoms with E-state index in [1.54, 1.807) is 36.4 Å². The molecule has 1 atom stereocenters. The summed E-state index contributed by atoms with van der Waals surface area (Å²) in [6.07, 6.45) is 2.86. The number of benzene rings is 3. The molecule has 0 aromatic heterocycles. The predicted octanol–water partition coefficient (Wildman–Crippen LogP) is 4.30. The zero-order valence-corrected chi connectivity index (χ0v) is 18.0. The number of carbonyl (C=O) groups excluding carboxylic acids is 1. The number of ether oxygens (including phenoxy) is 1. The summed E-state index contributed by atoms with van der Waals surface area (Å²) >= 11 is 0. The highest BCUT2D eigenvalue weighted by molar-refractivity contribution is 7.92. The monoisotopic (exact) mass is 436 g/mol. The molecule has 0 bridgehead atoms. The number of amides is 1. The molecule has 0 saturated carbocycles. The van der Waals surface area contributed by atoms with Gasteiger partial charge in [0.2, 0.25) is 0 Å². The van der Waals surface area contributed by atoms with E-state index in [1.165, 1.54) is 24.8 Å². The second-order valence-electron chi connectivity index (χ2n) is 7.45. The van der Waals surface area contributed by atoms with Crippen LogP contribution in [0.1, 0.15) is 40.4 Å². The first-order valence-corrected chi connectivity index (χ1v) is 11.6. The number of sulfonamides is 1. The van der Waals surface area contributed by atoms with Gasteiger partial charge in [0.15, 0.2) is 0 Å². The van der Waals surface area contributed by atoms with E-state index in [0.717, 1.165) is 24.8 Å². The normalized spacial score (nSPS) is 15.6. The molecule has 1 aliphatic carbocycles. The summed E-state index contributed by atoms with van der Waals surface area (Å²) in [5.74, 6) is 0.118. The average molecular weight is 437 g/mol. The third-order valence-electron chi connectivity index (χ3n) is 5.43. The van der Waals surface area contributed by atoms with Crippen LogP contribution < -0.4 is 14.8 Å². The fourth-order valence-corrected chi connectivity index (χ4v) is 5.00. The van der Waals surface area contributed by atoms with Gasteiger partial charge in [0.25, 0.3) is 15.9 Å². The van der Waals surface area contributed by atoms with Crippen LogP contribution in [0.15, 0.2) is 77.7 Å². The summed E-state index contributed by atoms with van der Waals surface area (Å²) in [5, 5.41) is 3.06. The quantitative estimate of drug-likeness (QED) is 0.603. The van der Waals surface area contributed by atoms with Crippen LogP contribution in [-0.4, -0.2) is 21.4 Å². The van der Waals surface area contributed by atoms with Crippen molar-refractivity contribution in [1.82, 2.24) is 5.32 Å². The van der Waals surface area contributed by atoms with E-state index in [0.29, 0.717) is 17.0 Å². The van der Waals surface area contributed by atoms with Crippen LogP contribution in [0.2, 0.25) is 0 Å². The van der Waals surface area contributed by atoms with Crippen molar-refractivity contribution >= 4 is 21.6 Å². The molecule has 0 radical (unpaired) electrons. The topological polar surface area (TPSA) is 84.5 Å². The maximum Gasteiger partial charge on any atom is 0.262 e. The molecular formula is C24H24N2O4S. The third-order valence-corrected chi connectivity index (χ3v) is 6.80. The molecule has 0 saturated heterocycles. The molecule has 0 spiro atoms. The van der Waals surface area contributed by atoms with Crippen LogP contribution in [0.25, 0.3) is 0 Å². The van der Waals surface area contributed by atoms with Gasteiger partial charge >= 0.3 is 0 Å². The lowest BCUT2D eigenvalue weighted by atomic mass is 9.87. The van der Waals surface area contributed by atoms with Gasteiger partial charge < -0.3 is 10.1 Å². The van der Waals surface area contributed by atoms with Crippen LogP contribution in [0, 0.1) is 0 Å². The number of anilines is 1. The first kappa shape index (κ1) is 20.9. The third kappa shape index (κ3) is 4.56. The minimum absolute atomic E-state index is 0.00935. The maximum absolute atomic E-state index is 12.9. The van der Waals surface area contributed by atoms with E-state index >= 15 is 0 Å². The number of rotatable bonds is 6. The first-order valence-electron chi connectivity index (χ1n) is 10.1. The van der Waals surface area contributed by atoms with Crippen molar-refractivity contribution in [2.75, 3.05) is 11.8 Å². The Hall–Kier alpha value is -3.32. The van der Waals surface area contributed by atoms with Gasteiger partial charge in [-0.15, -0.1) is 0 Å². The standard InChI is InChI=1S/C24H24N2O4S/c1-30-23-15-5-4-13-22(23)26-31(28,29)19-11-6-10-18(16-19)24(27)25-21-14-7-9-17-8-2-3-12-20(17)21/h2-6,8,10-13,15-16,21,26H,7,9,14H2,1H3,(H,25,27). The van der Waals surface area contributed by atoms with E-state index in [9.17, 15) is 13.2 Å². The number of aryl methyl sites for hydroxylation is 1. The van der Waals surface area contributed by atoms with Gasteiger partial charge in [-0.1, -0.05) is 42.5 Å². The molecule has 0 fully saturated rings. The van der Waals surface area contributed by atoms with Crippen molar-refractivity contribution in [2.45, 2.75) is 30.2 Å². The van der Waals surface area contributed by atoms with E-state index < -0.39 is 10.0 Å². The molecule has 3 aromatic carbocycles. The number of fused-ring (bicyclic) bond motifs is 1.